The molecule has 0 bridgehead atoms. The topological polar surface area (TPSA) is 75.6 Å². The molecular formula is C7H7NO4S. The van der Waals surface area contributed by atoms with Crippen LogP contribution in [-0.2, 0) is 9.63 Å². The number of nitrogens with one attached hydrogen (secondary N) is 1. The summed E-state index contributed by atoms with van der Waals surface area (Å²) in [6.45, 7) is -0.546. The number of rotatable bonds is 4. The van der Waals surface area contributed by atoms with E-state index in [0.717, 1.165) is 0 Å². The summed E-state index contributed by atoms with van der Waals surface area (Å²) in [5.41, 5.74) is 2.46. The Bertz CT molecular complexity index is 295. The van der Waals surface area contributed by atoms with Crippen molar-refractivity contribution in [2.24, 2.45) is 0 Å². The second-order valence-electron chi connectivity index (χ2n) is 2.13. The Morgan fingerprint density at radius 1 is 1.62 bits per heavy atom. The Hall–Kier alpha value is -1.40. The van der Waals surface area contributed by atoms with Gasteiger partial charge in [0.05, 0.1) is 5.56 Å². The Morgan fingerprint density at radius 2 is 2.38 bits per heavy atom. The maximum absolute atomic E-state index is 11.1. The molecule has 1 amide bonds. The van der Waals surface area contributed by atoms with Crippen molar-refractivity contribution < 1.29 is 19.5 Å². The molecule has 70 valence electrons. The zero-order valence-electron chi connectivity index (χ0n) is 6.52. The highest BCUT2D eigenvalue weighted by Crippen LogP contribution is 2.04. The van der Waals surface area contributed by atoms with E-state index in [1.54, 1.807) is 16.8 Å². The van der Waals surface area contributed by atoms with Crippen molar-refractivity contribution in [1.29, 1.82) is 0 Å². The largest absolute Gasteiger partial charge is 0.479 e. The summed E-state index contributed by atoms with van der Waals surface area (Å²) in [4.78, 5) is 25.4. The van der Waals surface area contributed by atoms with Crippen LogP contribution in [0, 0.1) is 0 Å². The normalized spacial score (nSPS) is 9.54. The van der Waals surface area contributed by atoms with Gasteiger partial charge in [-0.05, 0) is 11.4 Å². The van der Waals surface area contributed by atoms with Gasteiger partial charge in [-0.2, -0.15) is 11.3 Å². The smallest absolute Gasteiger partial charge is 0.332 e. The van der Waals surface area contributed by atoms with E-state index in [0.29, 0.717) is 5.56 Å². The van der Waals surface area contributed by atoms with Gasteiger partial charge in [-0.15, -0.1) is 0 Å². The van der Waals surface area contributed by atoms with E-state index in [4.69, 9.17) is 5.11 Å². The van der Waals surface area contributed by atoms with Gasteiger partial charge < -0.3 is 5.11 Å². The summed E-state index contributed by atoms with van der Waals surface area (Å²) >= 11 is 1.37. The van der Waals surface area contributed by atoms with Gasteiger partial charge >= 0.3 is 5.97 Å². The first-order valence-electron chi connectivity index (χ1n) is 3.36. The first-order chi connectivity index (χ1) is 6.20. The number of carbonyl (C=O) groups excluding carboxylic acids is 1. The van der Waals surface area contributed by atoms with Crippen LogP contribution in [0.5, 0.6) is 0 Å². The molecule has 13 heavy (non-hydrogen) atoms. The van der Waals surface area contributed by atoms with E-state index >= 15 is 0 Å². The van der Waals surface area contributed by atoms with Gasteiger partial charge in [0.25, 0.3) is 5.91 Å². The van der Waals surface area contributed by atoms with E-state index < -0.39 is 18.5 Å². The molecule has 0 aliphatic carbocycles. The molecule has 1 heterocycles. The molecule has 0 radical (unpaired) electrons. The van der Waals surface area contributed by atoms with Crippen LogP contribution in [-0.4, -0.2) is 23.6 Å². The summed E-state index contributed by atoms with van der Waals surface area (Å²) < 4.78 is 0. The lowest BCUT2D eigenvalue weighted by atomic mass is 10.3. The molecule has 1 rings (SSSR count). The number of carbonyl (C=O) groups is 2. The SMILES string of the molecule is O=C(O)CONC(=O)c1ccsc1. The Morgan fingerprint density at radius 3 is 2.92 bits per heavy atom. The minimum Gasteiger partial charge on any atom is -0.479 e. The van der Waals surface area contributed by atoms with Crippen molar-refractivity contribution in [3.8, 4) is 0 Å². The second-order valence-corrected chi connectivity index (χ2v) is 2.91. The van der Waals surface area contributed by atoms with Crippen LogP contribution >= 0.6 is 11.3 Å². The van der Waals surface area contributed by atoms with Crippen molar-refractivity contribution >= 4 is 23.2 Å². The summed E-state index contributed by atoms with van der Waals surface area (Å²) in [6.07, 6.45) is 0. The average Bonchev–Trinajstić information content (AvgIpc) is 2.55. The number of amides is 1. The summed E-state index contributed by atoms with van der Waals surface area (Å²) in [5, 5.41) is 11.6. The summed E-state index contributed by atoms with van der Waals surface area (Å²) in [6, 6.07) is 1.62. The first kappa shape index (κ1) is 9.69. The van der Waals surface area contributed by atoms with Crippen molar-refractivity contribution in [2.75, 3.05) is 6.61 Å². The van der Waals surface area contributed by atoms with Gasteiger partial charge in [-0.3, -0.25) is 9.63 Å². The van der Waals surface area contributed by atoms with Gasteiger partial charge in [-0.25, -0.2) is 10.3 Å². The fraction of sp³-hybridized carbons (Fsp3) is 0.143. The maximum atomic E-state index is 11.1. The lowest BCUT2D eigenvalue weighted by Gasteiger charge is -2.00. The van der Waals surface area contributed by atoms with Gasteiger partial charge in [-0.1, -0.05) is 0 Å². The number of aliphatic carboxylic acids is 1. The fourth-order valence-corrected chi connectivity index (χ4v) is 1.25. The lowest BCUT2D eigenvalue weighted by molar-refractivity contribution is -0.144. The monoisotopic (exact) mass is 201 g/mol. The van der Waals surface area contributed by atoms with Crippen LogP contribution < -0.4 is 5.48 Å². The van der Waals surface area contributed by atoms with E-state index in [1.807, 2.05) is 5.48 Å². The highest BCUT2D eigenvalue weighted by molar-refractivity contribution is 7.08. The third kappa shape index (κ3) is 3.22. The number of hydrogen-bond donors (Lipinski definition) is 2. The van der Waals surface area contributed by atoms with Crippen molar-refractivity contribution in [3.05, 3.63) is 22.4 Å². The second kappa shape index (κ2) is 4.58. The molecule has 5 nitrogen and oxygen atoms in total. The molecule has 6 heteroatoms. The molecule has 1 aromatic rings. The van der Waals surface area contributed by atoms with Crippen molar-refractivity contribution in [3.63, 3.8) is 0 Å². The van der Waals surface area contributed by atoms with Crippen LogP contribution in [0.1, 0.15) is 10.4 Å². The maximum Gasteiger partial charge on any atom is 0.332 e. The lowest BCUT2D eigenvalue weighted by Crippen LogP contribution is -2.26. The highest BCUT2D eigenvalue weighted by atomic mass is 32.1. The predicted octanol–water partition coefficient (Wildman–Crippen LogP) is 0.494. The molecular weight excluding hydrogens is 194 g/mol. The van der Waals surface area contributed by atoms with Crippen molar-refractivity contribution in [1.82, 2.24) is 5.48 Å². The Kier molecular flexibility index (Phi) is 3.41. The number of carboxylic acids is 1. The van der Waals surface area contributed by atoms with Crippen LogP contribution in [0.25, 0.3) is 0 Å². The minimum atomic E-state index is -1.13. The third-order valence-corrected chi connectivity index (χ3v) is 1.83. The molecule has 0 fully saturated rings. The van der Waals surface area contributed by atoms with E-state index in [2.05, 4.69) is 4.84 Å². The first-order valence-corrected chi connectivity index (χ1v) is 4.30. The molecule has 2 N–H and O–H groups in total. The van der Waals surface area contributed by atoms with E-state index in [1.165, 1.54) is 11.3 Å². The molecule has 0 aliphatic rings. The quantitative estimate of drug-likeness (QED) is 0.695. The molecule has 1 aromatic heterocycles. The highest BCUT2D eigenvalue weighted by Gasteiger charge is 2.05. The molecule has 0 unspecified atom stereocenters. The predicted molar refractivity (Wildman–Crippen MR) is 45.4 cm³/mol. The van der Waals surface area contributed by atoms with Crippen LogP contribution in [0.3, 0.4) is 0 Å². The van der Waals surface area contributed by atoms with Crippen LogP contribution in [0.15, 0.2) is 16.8 Å². The van der Waals surface area contributed by atoms with Gasteiger partial charge in [0, 0.05) is 5.38 Å². The summed E-state index contributed by atoms with van der Waals surface area (Å²) in [7, 11) is 0. The zero-order valence-corrected chi connectivity index (χ0v) is 7.34. The molecule has 0 saturated heterocycles. The number of hydrogen-bond acceptors (Lipinski definition) is 4. The van der Waals surface area contributed by atoms with Crippen LogP contribution in [0.4, 0.5) is 0 Å². The number of hydroxylamine groups is 1. The van der Waals surface area contributed by atoms with E-state index in [9.17, 15) is 9.59 Å². The standard InChI is InChI=1S/C7H7NO4S/c9-6(10)3-12-8-7(11)5-1-2-13-4-5/h1-2,4H,3H2,(H,8,11)(H,9,10). The average molecular weight is 201 g/mol. The van der Waals surface area contributed by atoms with Crippen molar-refractivity contribution in [2.45, 2.75) is 0 Å². The molecule has 0 aliphatic heterocycles. The Balaban J connectivity index is 2.31. The molecule has 0 saturated carbocycles. The van der Waals surface area contributed by atoms with Gasteiger partial charge in [0.2, 0.25) is 0 Å². The number of carboxylic acid groups (broad SMARTS) is 1. The van der Waals surface area contributed by atoms with Crippen LogP contribution in [0.2, 0.25) is 0 Å². The van der Waals surface area contributed by atoms with Gasteiger partial charge in [0.15, 0.2) is 6.61 Å². The third-order valence-electron chi connectivity index (χ3n) is 1.14. The zero-order chi connectivity index (χ0) is 9.68. The fourth-order valence-electron chi connectivity index (χ4n) is 0.616. The molecule has 0 aromatic carbocycles. The van der Waals surface area contributed by atoms with E-state index in [-0.39, 0.29) is 0 Å². The van der Waals surface area contributed by atoms with Gasteiger partial charge in [0.1, 0.15) is 0 Å². The molecule has 0 spiro atoms. The Labute approximate surface area is 77.9 Å². The summed E-state index contributed by atoms with van der Waals surface area (Å²) in [5.74, 6) is -1.58. The number of thiophene rings is 1. The minimum absolute atomic E-state index is 0.442. The molecule has 0 atom stereocenters.